The summed E-state index contributed by atoms with van der Waals surface area (Å²) in [6.07, 6.45) is 6.10. The number of nitrogens with zero attached hydrogens (tertiary/aromatic N) is 1. The molecule has 0 aliphatic carbocycles. The lowest BCUT2D eigenvalue weighted by molar-refractivity contribution is -0.124. The van der Waals surface area contributed by atoms with E-state index in [2.05, 4.69) is 24.1 Å². The molecule has 2 unspecified atom stereocenters. The molecule has 1 aliphatic heterocycles. The summed E-state index contributed by atoms with van der Waals surface area (Å²) in [6.45, 7) is 10.1. The van der Waals surface area contributed by atoms with Crippen LogP contribution in [0.1, 0.15) is 52.9 Å². The van der Waals surface area contributed by atoms with Crippen LogP contribution in [-0.2, 0) is 4.79 Å². The summed E-state index contributed by atoms with van der Waals surface area (Å²) in [5.41, 5.74) is 5.00. The van der Waals surface area contributed by atoms with Gasteiger partial charge in [-0.3, -0.25) is 4.79 Å². The average Bonchev–Trinajstić information content (AvgIpc) is 2.61. The molecule has 1 fully saturated rings. The Labute approximate surface area is 118 Å². The standard InChI is InChI=1S/C15H31N3O/c1-4-9-17-15(3,14(16)19)12-18-10-6-7-13(5-2)8-11-18/h13,17H,4-12H2,1-3H3,(H2,16,19). The lowest BCUT2D eigenvalue weighted by Crippen LogP contribution is -2.59. The topological polar surface area (TPSA) is 58.4 Å². The van der Waals surface area contributed by atoms with Crippen LogP contribution in [0, 0.1) is 5.92 Å². The number of rotatable bonds is 7. The van der Waals surface area contributed by atoms with Crippen molar-refractivity contribution in [2.75, 3.05) is 26.2 Å². The monoisotopic (exact) mass is 269 g/mol. The second-order valence-electron chi connectivity index (χ2n) is 6.10. The number of amides is 1. The van der Waals surface area contributed by atoms with E-state index in [1.54, 1.807) is 0 Å². The third kappa shape index (κ3) is 5.11. The fourth-order valence-corrected chi connectivity index (χ4v) is 2.86. The van der Waals surface area contributed by atoms with Crippen molar-refractivity contribution in [1.29, 1.82) is 0 Å². The van der Waals surface area contributed by atoms with Crippen LogP contribution in [0.3, 0.4) is 0 Å². The third-order valence-corrected chi connectivity index (χ3v) is 4.37. The van der Waals surface area contributed by atoms with E-state index in [0.717, 1.165) is 38.5 Å². The van der Waals surface area contributed by atoms with Gasteiger partial charge in [0.1, 0.15) is 5.54 Å². The highest BCUT2D eigenvalue weighted by Gasteiger charge is 2.33. The van der Waals surface area contributed by atoms with Crippen LogP contribution >= 0.6 is 0 Å². The minimum Gasteiger partial charge on any atom is -0.368 e. The number of carbonyl (C=O) groups is 1. The van der Waals surface area contributed by atoms with Gasteiger partial charge in [0, 0.05) is 6.54 Å². The molecule has 4 nitrogen and oxygen atoms in total. The number of carbonyl (C=O) groups excluding carboxylic acids is 1. The largest absolute Gasteiger partial charge is 0.368 e. The van der Waals surface area contributed by atoms with Gasteiger partial charge in [-0.1, -0.05) is 20.3 Å². The predicted octanol–water partition coefficient (Wildman–Crippen LogP) is 1.74. The van der Waals surface area contributed by atoms with Gasteiger partial charge in [0.15, 0.2) is 0 Å². The highest BCUT2D eigenvalue weighted by molar-refractivity contribution is 5.84. The lowest BCUT2D eigenvalue weighted by Gasteiger charge is -2.33. The Hall–Kier alpha value is -0.610. The molecule has 2 atom stereocenters. The summed E-state index contributed by atoms with van der Waals surface area (Å²) >= 11 is 0. The fraction of sp³-hybridized carbons (Fsp3) is 0.933. The quantitative estimate of drug-likeness (QED) is 0.740. The van der Waals surface area contributed by atoms with Crippen LogP contribution in [0.2, 0.25) is 0 Å². The number of nitrogens with one attached hydrogen (secondary N) is 1. The molecule has 0 aromatic heterocycles. The molecule has 4 heteroatoms. The molecular formula is C15H31N3O. The minimum atomic E-state index is -0.595. The van der Waals surface area contributed by atoms with E-state index in [1.165, 1.54) is 25.7 Å². The van der Waals surface area contributed by atoms with Crippen LogP contribution in [0.15, 0.2) is 0 Å². The summed E-state index contributed by atoms with van der Waals surface area (Å²) in [4.78, 5) is 14.1. The molecule has 112 valence electrons. The van der Waals surface area contributed by atoms with Crippen molar-refractivity contribution >= 4 is 5.91 Å². The number of likely N-dealkylation sites (tertiary alicyclic amines) is 1. The van der Waals surface area contributed by atoms with Gasteiger partial charge >= 0.3 is 0 Å². The maximum atomic E-state index is 11.7. The summed E-state index contributed by atoms with van der Waals surface area (Å²) in [7, 11) is 0. The molecule has 0 saturated carbocycles. The SMILES string of the molecule is CCCNC(C)(CN1CCCC(CC)CC1)C(N)=O. The molecule has 19 heavy (non-hydrogen) atoms. The maximum Gasteiger partial charge on any atom is 0.238 e. The smallest absolute Gasteiger partial charge is 0.238 e. The number of hydrogen-bond donors (Lipinski definition) is 2. The van der Waals surface area contributed by atoms with Gasteiger partial charge in [0.2, 0.25) is 5.91 Å². The van der Waals surface area contributed by atoms with Crippen molar-refractivity contribution in [2.45, 2.75) is 58.4 Å². The molecule has 1 saturated heterocycles. The first-order valence-corrected chi connectivity index (χ1v) is 7.79. The van der Waals surface area contributed by atoms with Gasteiger partial charge in [-0.15, -0.1) is 0 Å². The normalized spacial score (nSPS) is 24.7. The van der Waals surface area contributed by atoms with Gasteiger partial charge < -0.3 is 16.0 Å². The zero-order chi connectivity index (χ0) is 14.3. The van der Waals surface area contributed by atoms with E-state index in [-0.39, 0.29) is 5.91 Å². The molecular weight excluding hydrogens is 238 g/mol. The van der Waals surface area contributed by atoms with Gasteiger partial charge in [-0.2, -0.15) is 0 Å². The lowest BCUT2D eigenvalue weighted by atomic mass is 9.98. The zero-order valence-corrected chi connectivity index (χ0v) is 12.9. The van der Waals surface area contributed by atoms with Crippen LogP contribution in [0.5, 0.6) is 0 Å². The Morgan fingerprint density at radius 2 is 2.11 bits per heavy atom. The first kappa shape index (κ1) is 16.4. The second kappa shape index (κ2) is 7.85. The summed E-state index contributed by atoms with van der Waals surface area (Å²) in [6, 6.07) is 0. The highest BCUT2D eigenvalue weighted by Crippen LogP contribution is 2.21. The van der Waals surface area contributed by atoms with E-state index in [0.29, 0.717) is 0 Å². The molecule has 0 aromatic rings. The van der Waals surface area contributed by atoms with Crippen molar-refractivity contribution in [3.05, 3.63) is 0 Å². The maximum absolute atomic E-state index is 11.7. The van der Waals surface area contributed by atoms with Crippen molar-refractivity contribution in [2.24, 2.45) is 11.7 Å². The van der Waals surface area contributed by atoms with Gasteiger partial charge in [0.05, 0.1) is 0 Å². The van der Waals surface area contributed by atoms with E-state index in [4.69, 9.17) is 5.73 Å². The molecule has 3 N–H and O–H groups in total. The van der Waals surface area contributed by atoms with Gasteiger partial charge in [-0.05, 0) is 58.2 Å². The first-order valence-electron chi connectivity index (χ1n) is 7.79. The van der Waals surface area contributed by atoms with Crippen LogP contribution in [-0.4, -0.2) is 42.5 Å². The molecule has 0 bridgehead atoms. The second-order valence-corrected chi connectivity index (χ2v) is 6.10. The third-order valence-electron chi connectivity index (χ3n) is 4.37. The Balaban J connectivity index is 2.56. The van der Waals surface area contributed by atoms with Gasteiger partial charge in [0.25, 0.3) is 0 Å². The van der Waals surface area contributed by atoms with E-state index in [9.17, 15) is 4.79 Å². The Kier molecular flexibility index (Phi) is 6.80. The van der Waals surface area contributed by atoms with Gasteiger partial charge in [-0.25, -0.2) is 0 Å². The fourth-order valence-electron chi connectivity index (χ4n) is 2.86. The summed E-state index contributed by atoms with van der Waals surface area (Å²) in [5.74, 6) is 0.616. The predicted molar refractivity (Wildman–Crippen MR) is 80.0 cm³/mol. The number of nitrogens with two attached hydrogens (primary N) is 1. The number of hydrogen-bond acceptors (Lipinski definition) is 3. The van der Waals surface area contributed by atoms with Crippen LogP contribution < -0.4 is 11.1 Å². The summed E-state index contributed by atoms with van der Waals surface area (Å²) < 4.78 is 0. The zero-order valence-electron chi connectivity index (χ0n) is 12.9. The van der Waals surface area contributed by atoms with Crippen molar-refractivity contribution in [1.82, 2.24) is 10.2 Å². The minimum absolute atomic E-state index is 0.239. The molecule has 1 aliphatic rings. The Morgan fingerprint density at radius 1 is 1.37 bits per heavy atom. The van der Waals surface area contributed by atoms with Crippen molar-refractivity contribution in [3.8, 4) is 0 Å². The molecule has 0 radical (unpaired) electrons. The Morgan fingerprint density at radius 3 is 2.68 bits per heavy atom. The number of primary amides is 1. The van der Waals surface area contributed by atoms with Crippen molar-refractivity contribution < 1.29 is 4.79 Å². The Bertz CT molecular complexity index is 283. The van der Waals surface area contributed by atoms with Crippen LogP contribution in [0.4, 0.5) is 0 Å². The summed E-state index contributed by atoms with van der Waals surface area (Å²) in [5, 5.41) is 3.32. The van der Waals surface area contributed by atoms with E-state index < -0.39 is 5.54 Å². The van der Waals surface area contributed by atoms with Crippen molar-refractivity contribution in [3.63, 3.8) is 0 Å². The molecule has 1 heterocycles. The molecule has 0 aromatic carbocycles. The first-order chi connectivity index (χ1) is 9.01. The molecule has 1 amide bonds. The molecule has 1 rings (SSSR count). The van der Waals surface area contributed by atoms with E-state index in [1.807, 2.05) is 6.92 Å². The average molecular weight is 269 g/mol. The van der Waals surface area contributed by atoms with E-state index >= 15 is 0 Å². The highest BCUT2D eigenvalue weighted by atomic mass is 16.1. The van der Waals surface area contributed by atoms with Crippen LogP contribution in [0.25, 0.3) is 0 Å². The molecule has 0 spiro atoms.